The van der Waals surface area contributed by atoms with Gasteiger partial charge in [0, 0.05) is 25.1 Å². The fourth-order valence-electron chi connectivity index (χ4n) is 3.66. The van der Waals surface area contributed by atoms with E-state index in [1.807, 2.05) is 62.4 Å². The minimum absolute atomic E-state index is 0.0419. The zero-order chi connectivity index (χ0) is 24.3. The molecule has 1 unspecified atom stereocenters. The summed E-state index contributed by atoms with van der Waals surface area (Å²) >= 11 is 0. The lowest BCUT2D eigenvalue weighted by molar-refractivity contribution is -0.142. The third kappa shape index (κ3) is 7.17. The molecule has 0 radical (unpaired) electrons. The van der Waals surface area contributed by atoms with Crippen molar-refractivity contribution in [2.45, 2.75) is 39.3 Å². The smallest absolute Gasteiger partial charge is 0.261 e. The first kappa shape index (κ1) is 25.0. The largest absolute Gasteiger partial charge is 0.484 e. The lowest BCUT2D eigenvalue weighted by Crippen LogP contribution is -2.51. The number of hydrogen-bond acceptors (Lipinski definition) is 3. The standard InChI is InChI=1S/C28H31FN2O3/c1-3-16-30-28(33)26(18-22-11-5-4-6-12-22)31(19-23-13-7-8-15-25(23)29)27(32)20-34-24-14-9-10-21(2)17-24/h4-15,17,26H,3,16,18-20H2,1-2H3,(H,30,33). The molecule has 0 spiro atoms. The van der Waals surface area contributed by atoms with Crippen LogP contribution in [0, 0.1) is 12.7 Å². The molecule has 0 aliphatic carbocycles. The minimum atomic E-state index is -0.817. The van der Waals surface area contributed by atoms with E-state index in [2.05, 4.69) is 5.32 Å². The van der Waals surface area contributed by atoms with E-state index in [9.17, 15) is 14.0 Å². The Balaban J connectivity index is 1.90. The van der Waals surface area contributed by atoms with Crippen molar-refractivity contribution in [1.82, 2.24) is 10.2 Å². The number of halogens is 1. The van der Waals surface area contributed by atoms with Crippen molar-refractivity contribution in [1.29, 1.82) is 0 Å². The summed E-state index contributed by atoms with van der Waals surface area (Å²) in [7, 11) is 0. The monoisotopic (exact) mass is 462 g/mol. The molecule has 0 heterocycles. The number of carbonyl (C=O) groups excluding carboxylic acids is 2. The predicted octanol–water partition coefficient (Wildman–Crippen LogP) is 4.68. The van der Waals surface area contributed by atoms with Crippen LogP contribution in [0.25, 0.3) is 0 Å². The van der Waals surface area contributed by atoms with Crippen molar-refractivity contribution in [3.63, 3.8) is 0 Å². The molecular weight excluding hydrogens is 431 g/mol. The maximum absolute atomic E-state index is 14.5. The highest BCUT2D eigenvalue weighted by molar-refractivity contribution is 5.88. The van der Waals surface area contributed by atoms with E-state index in [1.165, 1.54) is 11.0 Å². The van der Waals surface area contributed by atoms with E-state index in [1.54, 1.807) is 24.3 Å². The van der Waals surface area contributed by atoms with Gasteiger partial charge in [0.2, 0.25) is 5.91 Å². The second kappa shape index (κ2) is 12.5. The van der Waals surface area contributed by atoms with E-state index < -0.39 is 17.8 Å². The van der Waals surface area contributed by atoms with Crippen LogP contribution >= 0.6 is 0 Å². The van der Waals surface area contributed by atoms with Gasteiger partial charge in [-0.1, -0.05) is 67.6 Å². The summed E-state index contributed by atoms with van der Waals surface area (Å²) in [4.78, 5) is 28.1. The fourth-order valence-corrected chi connectivity index (χ4v) is 3.66. The van der Waals surface area contributed by atoms with E-state index in [0.717, 1.165) is 17.5 Å². The topological polar surface area (TPSA) is 58.6 Å². The molecular formula is C28H31FN2O3. The Hall–Kier alpha value is -3.67. The van der Waals surface area contributed by atoms with Gasteiger partial charge < -0.3 is 15.0 Å². The van der Waals surface area contributed by atoms with Crippen molar-refractivity contribution >= 4 is 11.8 Å². The minimum Gasteiger partial charge on any atom is -0.484 e. The van der Waals surface area contributed by atoms with Gasteiger partial charge in [-0.3, -0.25) is 9.59 Å². The summed E-state index contributed by atoms with van der Waals surface area (Å²) in [5.41, 5.74) is 2.26. The molecule has 2 amide bonds. The molecule has 0 saturated heterocycles. The normalized spacial score (nSPS) is 11.5. The number of ether oxygens (including phenoxy) is 1. The molecule has 34 heavy (non-hydrogen) atoms. The molecule has 5 nitrogen and oxygen atoms in total. The molecule has 178 valence electrons. The third-order valence-corrected chi connectivity index (χ3v) is 5.47. The van der Waals surface area contributed by atoms with Crippen molar-refractivity contribution in [3.05, 3.63) is 101 Å². The Morgan fingerprint density at radius 3 is 2.44 bits per heavy atom. The number of rotatable bonds is 11. The molecule has 0 saturated carbocycles. The number of hydrogen-bond donors (Lipinski definition) is 1. The maximum Gasteiger partial charge on any atom is 0.261 e. The third-order valence-electron chi connectivity index (χ3n) is 5.47. The zero-order valence-electron chi connectivity index (χ0n) is 19.7. The quantitative estimate of drug-likeness (QED) is 0.450. The highest BCUT2D eigenvalue weighted by atomic mass is 19.1. The molecule has 3 aromatic rings. The van der Waals surface area contributed by atoms with Crippen LogP contribution in [0.2, 0.25) is 0 Å². The molecule has 0 aliphatic rings. The van der Waals surface area contributed by atoms with Crippen LogP contribution in [-0.4, -0.2) is 35.9 Å². The predicted molar refractivity (Wildman–Crippen MR) is 131 cm³/mol. The van der Waals surface area contributed by atoms with Crippen molar-refractivity contribution < 1.29 is 18.7 Å². The average Bonchev–Trinajstić information content (AvgIpc) is 2.85. The van der Waals surface area contributed by atoms with Gasteiger partial charge in [0.15, 0.2) is 6.61 Å². The lowest BCUT2D eigenvalue weighted by atomic mass is 10.0. The van der Waals surface area contributed by atoms with Crippen molar-refractivity contribution in [2.75, 3.05) is 13.2 Å². The summed E-state index contributed by atoms with van der Waals surface area (Å²) in [6.45, 7) is 4.09. The molecule has 1 N–H and O–H groups in total. The Kier molecular flexibility index (Phi) is 9.21. The van der Waals surface area contributed by atoms with Crippen LogP contribution in [0.15, 0.2) is 78.9 Å². The number of amides is 2. The van der Waals surface area contributed by atoms with Crippen LogP contribution in [0.4, 0.5) is 4.39 Å². The SMILES string of the molecule is CCCNC(=O)C(Cc1ccccc1)N(Cc1ccccc1F)C(=O)COc1cccc(C)c1. The Bertz CT molecular complexity index is 1090. The van der Waals surface area contributed by atoms with E-state index in [-0.39, 0.29) is 19.1 Å². The molecule has 0 aliphatic heterocycles. The Morgan fingerprint density at radius 2 is 1.74 bits per heavy atom. The van der Waals surface area contributed by atoms with Gasteiger partial charge in [0.1, 0.15) is 17.6 Å². The van der Waals surface area contributed by atoms with Gasteiger partial charge in [-0.25, -0.2) is 4.39 Å². The van der Waals surface area contributed by atoms with Gasteiger partial charge in [0.25, 0.3) is 5.91 Å². The first-order valence-corrected chi connectivity index (χ1v) is 11.5. The van der Waals surface area contributed by atoms with E-state index in [4.69, 9.17) is 4.74 Å². The first-order valence-electron chi connectivity index (χ1n) is 11.5. The van der Waals surface area contributed by atoms with E-state index in [0.29, 0.717) is 24.3 Å². The average molecular weight is 463 g/mol. The van der Waals surface area contributed by atoms with Gasteiger partial charge in [-0.2, -0.15) is 0 Å². The number of carbonyl (C=O) groups is 2. The molecule has 0 fully saturated rings. The second-order valence-electron chi connectivity index (χ2n) is 8.21. The van der Waals surface area contributed by atoms with Crippen LogP contribution in [-0.2, 0) is 22.6 Å². The Morgan fingerprint density at radius 1 is 1.00 bits per heavy atom. The number of aryl methyl sites for hydroxylation is 1. The van der Waals surface area contributed by atoms with Crippen LogP contribution < -0.4 is 10.1 Å². The van der Waals surface area contributed by atoms with Crippen LogP contribution in [0.1, 0.15) is 30.0 Å². The summed E-state index contributed by atoms with van der Waals surface area (Å²) in [5.74, 6) is -0.523. The van der Waals surface area contributed by atoms with Crippen molar-refractivity contribution in [2.24, 2.45) is 0 Å². The highest BCUT2D eigenvalue weighted by Crippen LogP contribution is 2.18. The summed E-state index contributed by atoms with van der Waals surface area (Å²) in [6.07, 6.45) is 1.07. The molecule has 0 aromatic heterocycles. The molecule has 0 bridgehead atoms. The van der Waals surface area contributed by atoms with Crippen LogP contribution in [0.3, 0.4) is 0 Å². The summed E-state index contributed by atoms with van der Waals surface area (Å²) < 4.78 is 20.3. The summed E-state index contributed by atoms with van der Waals surface area (Å²) in [6, 6.07) is 22.4. The van der Waals surface area contributed by atoms with Crippen LogP contribution in [0.5, 0.6) is 5.75 Å². The lowest BCUT2D eigenvalue weighted by Gasteiger charge is -2.31. The molecule has 3 aromatic carbocycles. The van der Waals surface area contributed by atoms with E-state index >= 15 is 0 Å². The Labute approximate surface area is 200 Å². The first-order chi connectivity index (χ1) is 16.5. The van der Waals surface area contributed by atoms with Gasteiger partial charge in [0.05, 0.1) is 0 Å². The number of nitrogens with one attached hydrogen (secondary N) is 1. The number of nitrogens with zero attached hydrogens (tertiary/aromatic N) is 1. The molecule has 6 heteroatoms. The fraction of sp³-hybridized carbons (Fsp3) is 0.286. The highest BCUT2D eigenvalue weighted by Gasteiger charge is 2.31. The summed E-state index contributed by atoms with van der Waals surface area (Å²) in [5, 5.41) is 2.90. The molecule has 3 rings (SSSR count). The van der Waals surface area contributed by atoms with Gasteiger partial charge in [-0.05, 0) is 42.7 Å². The van der Waals surface area contributed by atoms with Crippen molar-refractivity contribution in [3.8, 4) is 5.75 Å². The zero-order valence-corrected chi connectivity index (χ0v) is 19.7. The second-order valence-corrected chi connectivity index (χ2v) is 8.21. The van der Waals surface area contributed by atoms with Gasteiger partial charge in [-0.15, -0.1) is 0 Å². The van der Waals surface area contributed by atoms with Gasteiger partial charge >= 0.3 is 0 Å². The number of benzene rings is 3. The molecule has 1 atom stereocenters. The maximum atomic E-state index is 14.5.